The van der Waals surface area contributed by atoms with Gasteiger partial charge in [0.1, 0.15) is 18.0 Å². The first-order valence-corrected chi connectivity index (χ1v) is 7.26. The van der Waals surface area contributed by atoms with E-state index in [9.17, 15) is 0 Å². The Labute approximate surface area is 124 Å². The van der Waals surface area contributed by atoms with Gasteiger partial charge in [-0.2, -0.15) is 0 Å². The van der Waals surface area contributed by atoms with Crippen molar-refractivity contribution < 1.29 is 4.74 Å². The molecule has 2 aromatic heterocycles. The zero-order valence-corrected chi connectivity index (χ0v) is 12.2. The third kappa shape index (κ3) is 3.18. The van der Waals surface area contributed by atoms with Gasteiger partial charge < -0.3 is 14.2 Å². The van der Waals surface area contributed by atoms with Gasteiger partial charge in [0.15, 0.2) is 0 Å². The summed E-state index contributed by atoms with van der Waals surface area (Å²) in [6.07, 6.45) is 9.29. The van der Waals surface area contributed by atoms with Crippen LogP contribution in [0.25, 0.3) is 0 Å². The van der Waals surface area contributed by atoms with E-state index in [0.717, 1.165) is 44.1 Å². The van der Waals surface area contributed by atoms with Crippen molar-refractivity contribution in [2.24, 2.45) is 0 Å². The van der Waals surface area contributed by atoms with Gasteiger partial charge >= 0.3 is 0 Å². The number of aromatic nitrogens is 5. The Morgan fingerprint density at radius 1 is 1.38 bits per heavy atom. The summed E-state index contributed by atoms with van der Waals surface area (Å²) in [5.74, 6) is 2.35. The molecular formula is C14H20N6O. The highest BCUT2D eigenvalue weighted by molar-refractivity contribution is 5.36. The number of hydrogen-bond donors (Lipinski definition) is 0. The number of piperidine rings is 1. The first-order chi connectivity index (χ1) is 10.4. The standard InChI is InChI=1S/C14H20N6O/c1-21-8-7-20-11-17-18-14(20)12-3-2-6-19(10-12)13-9-15-4-5-16-13/h4-5,9,11-12H,2-3,6-8,10H2,1H3. The fraction of sp³-hybridized carbons (Fsp3) is 0.571. The van der Waals surface area contributed by atoms with Crippen molar-refractivity contribution in [2.45, 2.75) is 25.3 Å². The molecule has 1 saturated heterocycles. The zero-order valence-electron chi connectivity index (χ0n) is 12.2. The number of nitrogens with zero attached hydrogens (tertiary/aromatic N) is 6. The molecule has 0 saturated carbocycles. The van der Waals surface area contributed by atoms with Crippen LogP contribution in [0.2, 0.25) is 0 Å². The van der Waals surface area contributed by atoms with Gasteiger partial charge in [0.2, 0.25) is 0 Å². The molecule has 0 bridgehead atoms. The summed E-state index contributed by atoms with van der Waals surface area (Å²) < 4.78 is 7.23. The molecule has 1 atom stereocenters. The molecule has 21 heavy (non-hydrogen) atoms. The second-order valence-electron chi connectivity index (χ2n) is 5.22. The number of methoxy groups -OCH3 is 1. The molecule has 1 aliphatic heterocycles. The van der Waals surface area contributed by atoms with Crippen LogP contribution in [-0.2, 0) is 11.3 Å². The van der Waals surface area contributed by atoms with Crippen LogP contribution in [0.1, 0.15) is 24.6 Å². The van der Waals surface area contributed by atoms with E-state index in [-0.39, 0.29) is 0 Å². The molecule has 7 heteroatoms. The molecule has 0 radical (unpaired) electrons. The van der Waals surface area contributed by atoms with Crippen LogP contribution < -0.4 is 4.90 Å². The minimum Gasteiger partial charge on any atom is -0.383 e. The molecule has 0 aromatic carbocycles. The minimum atomic E-state index is 0.375. The molecular weight excluding hydrogens is 268 g/mol. The fourth-order valence-electron chi connectivity index (χ4n) is 2.79. The van der Waals surface area contributed by atoms with Crippen LogP contribution in [0.4, 0.5) is 5.82 Å². The lowest BCUT2D eigenvalue weighted by Crippen LogP contribution is -2.36. The maximum atomic E-state index is 5.14. The quantitative estimate of drug-likeness (QED) is 0.820. The third-order valence-electron chi connectivity index (χ3n) is 3.84. The Morgan fingerprint density at radius 2 is 2.33 bits per heavy atom. The molecule has 3 rings (SSSR count). The van der Waals surface area contributed by atoms with E-state index in [2.05, 4.69) is 29.6 Å². The second-order valence-corrected chi connectivity index (χ2v) is 5.22. The highest BCUT2D eigenvalue weighted by Gasteiger charge is 2.26. The molecule has 1 fully saturated rings. The first-order valence-electron chi connectivity index (χ1n) is 7.26. The average molecular weight is 288 g/mol. The monoisotopic (exact) mass is 288 g/mol. The van der Waals surface area contributed by atoms with Gasteiger partial charge in [-0.15, -0.1) is 10.2 Å². The molecule has 0 N–H and O–H groups in total. The Morgan fingerprint density at radius 3 is 3.14 bits per heavy atom. The van der Waals surface area contributed by atoms with Gasteiger partial charge in [-0.3, -0.25) is 4.98 Å². The van der Waals surface area contributed by atoms with Crippen molar-refractivity contribution >= 4 is 5.82 Å². The summed E-state index contributed by atoms with van der Waals surface area (Å²) in [5.41, 5.74) is 0. The third-order valence-corrected chi connectivity index (χ3v) is 3.84. The Hall–Kier alpha value is -2.02. The molecule has 0 amide bonds. The summed E-state index contributed by atoms with van der Waals surface area (Å²) in [6.45, 7) is 3.39. The van der Waals surface area contributed by atoms with Crippen LogP contribution in [-0.4, -0.2) is 51.5 Å². The van der Waals surface area contributed by atoms with Crippen molar-refractivity contribution in [2.75, 3.05) is 31.7 Å². The number of anilines is 1. The van der Waals surface area contributed by atoms with E-state index in [0.29, 0.717) is 12.5 Å². The van der Waals surface area contributed by atoms with Crippen LogP contribution in [0.3, 0.4) is 0 Å². The van der Waals surface area contributed by atoms with E-state index in [1.807, 2.05) is 6.20 Å². The summed E-state index contributed by atoms with van der Waals surface area (Å²) in [4.78, 5) is 10.8. The topological polar surface area (TPSA) is 69.0 Å². The predicted molar refractivity (Wildman–Crippen MR) is 78.1 cm³/mol. The zero-order chi connectivity index (χ0) is 14.5. The molecule has 112 valence electrons. The number of ether oxygens (including phenoxy) is 1. The molecule has 1 unspecified atom stereocenters. The Balaban J connectivity index is 1.73. The number of rotatable bonds is 5. The SMILES string of the molecule is COCCn1cnnc1C1CCCN(c2cnccn2)C1. The van der Waals surface area contributed by atoms with E-state index >= 15 is 0 Å². The Kier molecular flexibility index (Phi) is 4.40. The van der Waals surface area contributed by atoms with Crippen LogP contribution in [0, 0.1) is 0 Å². The van der Waals surface area contributed by atoms with Crippen LogP contribution in [0.15, 0.2) is 24.9 Å². The first kappa shape index (κ1) is 13.9. The van der Waals surface area contributed by atoms with E-state index < -0.39 is 0 Å². The summed E-state index contributed by atoms with van der Waals surface area (Å²) >= 11 is 0. The predicted octanol–water partition coefficient (Wildman–Crippen LogP) is 1.10. The molecule has 1 aliphatic rings. The van der Waals surface area contributed by atoms with Crippen molar-refractivity contribution in [1.82, 2.24) is 24.7 Å². The maximum absolute atomic E-state index is 5.14. The molecule has 0 aliphatic carbocycles. The minimum absolute atomic E-state index is 0.375. The smallest absolute Gasteiger partial charge is 0.147 e. The maximum Gasteiger partial charge on any atom is 0.147 e. The highest BCUT2D eigenvalue weighted by Crippen LogP contribution is 2.27. The van der Waals surface area contributed by atoms with Crippen molar-refractivity contribution in [3.05, 3.63) is 30.7 Å². The molecule has 2 aromatic rings. The normalized spacial score (nSPS) is 18.9. The fourth-order valence-corrected chi connectivity index (χ4v) is 2.79. The summed E-state index contributed by atoms with van der Waals surface area (Å²) in [5, 5.41) is 8.37. The van der Waals surface area contributed by atoms with Crippen molar-refractivity contribution in [3.63, 3.8) is 0 Å². The summed E-state index contributed by atoms with van der Waals surface area (Å²) in [7, 11) is 1.71. The lowest BCUT2D eigenvalue weighted by Gasteiger charge is -2.32. The Bertz CT molecular complexity index is 558. The van der Waals surface area contributed by atoms with Gasteiger partial charge in [-0.1, -0.05) is 0 Å². The largest absolute Gasteiger partial charge is 0.383 e. The van der Waals surface area contributed by atoms with Crippen molar-refractivity contribution in [3.8, 4) is 0 Å². The van der Waals surface area contributed by atoms with Gasteiger partial charge in [0, 0.05) is 45.1 Å². The summed E-state index contributed by atoms with van der Waals surface area (Å²) in [6, 6.07) is 0. The second kappa shape index (κ2) is 6.62. The van der Waals surface area contributed by atoms with Crippen LogP contribution >= 0.6 is 0 Å². The highest BCUT2D eigenvalue weighted by atomic mass is 16.5. The lowest BCUT2D eigenvalue weighted by molar-refractivity contribution is 0.185. The number of hydrogen-bond acceptors (Lipinski definition) is 6. The van der Waals surface area contributed by atoms with Gasteiger partial charge in [0.05, 0.1) is 12.8 Å². The lowest BCUT2D eigenvalue weighted by atomic mass is 9.97. The van der Waals surface area contributed by atoms with E-state index in [1.54, 1.807) is 25.8 Å². The molecule has 0 spiro atoms. The van der Waals surface area contributed by atoms with Gasteiger partial charge in [-0.05, 0) is 12.8 Å². The van der Waals surface area contributed by atoms with E-state index in [4.69, 9.17) is 4.74 Å². The van der Waals surface area contributed by atoms with Gasteiger partial charge in [-0.25, -0.2) is 4.98 Å². The van der Waals surface area contributed by atoms with Crippen LogP contribution in [0.5, 0.6) is 0 Å². The average Bonchev–Trinajstić information content (AvgIpc) is 3.02. The van der Waals surface area contributed by atoms with Gasteiger partial charge in [0.25, 0.3) is 0 Å². The van der Waals surface area contributed by atoms with E-state index in [1.165, 1.54) is 0 Å². The molecule has 3 heterocycles. The molecule has 7 nitrogen and oxygen atoms in total. The van der Waals surface area contributed by atoms with Crippen molar-refractivity contribution in [1.29, 1.82) is 0 Å².